The largest absolute Gasteiger partial charge is 0.492 e. The minimum absolute atomic E-state index is 0.133. The van der Waals surface area contributed by atoms with Crippen LogP contribution in [-0.2, 0) is 4.79 Å². The molecule has 0 aliphatic heterocycles. The van der Waals surface area contributed by atoms with Crippen molar-refractivity contribution in [2.24, 2.45) is 4.99 Å². The Bertz CT molecular complexity index is 635. The highest BCUT2D eigenvalue weighted by Crippen LogP contribution is 2.27. The number of aromatic hydroxyl groups is 1. The fourth-order valence-corrected chi connectivity index (χ4v) is 2.23. The van der Waals surface area contributed by atoms with Gasteiger partial charge in [0.1, 0.15) is 4.88 Å². The van der Waals surface area contributed by atoms with E-state index in [0.29, 0.717) is 10.0 Å². The van der Waals surface area contributed by atoms with Crippen LogP contribution in [0.1, 0.15) is 17.4 Å². The lowest BCUT2D eigenvalue weighted by Crippen LogP contribution is -2.04. The molecule has 0 spiro atoms. The molecule has 0 saturated heterocycles. The van der Waals surface area contributed by atoms with Crippen molar-refractivity contribution in [3.63, 3.8) is 0 Å². The van der Waals surface area contributed by atoms with Gasteiger partial charge in [0.05, 0.1) is 11.9 Å². The first-order valence-corrected chi connectivity index (χ1v) is 6.45. The topological polar surface area (TPSA) is 74.6 Å². The molecular formula is C13H13N3O2S. The maximum Gasteiger partial charge on any atom is 0.233 e. The highest BCUT2D eigenvalue weighted by molar-refractivity contribution is 7.17. The van der Waals surface area contributed by atoms with Crippen LogP contribution >= 0.6 is 11.3 Å². The van der Waals surface area contributed by atoms with Gasteiger partial charge in [-0.2, -0.15) is 4.98 Å². The molecule has 2 aromatic rings. The normalized spacial score (nSPS) is 10.8. The number of aromatic nitrogens is 1. The van der Waals surface area contributed by atoms with Crippen molar-refractivity contribution in [1.82, 2.24) is 4.98 Å². The lowest BCUT2D eigenvalue weighted by molar-refractivity contribution is -0.114. The van der Waals surface area contributed by atoms with Gasteiger partial charge in [-0.25, -0.2) is 0 Å². The van der Waals surface area contributed by atoms with Crippen molar-refractivity contribution >= 4 is 34.3 Å². The molecule has 5 nitrogen and oxygen atoms in total. The number of aliphatic imine (C=N–C) groups is 1. The molecular weight excluding hydrogens is 262 g/mol. The molecule has 0 saturated carbocycles. The molecule has 98 valence electrons. The van der Waals surface area contributed by atoms with Gasteiger partial charge in [-0.3, -0.25) is 9.79 Å². The zero-order chi connectivity index (χ0) is 13.8. The van der Waals surface area contributed by atoms with Gasteiger partial charge >= 0.3 is 0 Å². The van der Waals surface area contributed by atoms with Crippen molar-refractivity contribution in [3.05, 3.63) is 34.7 Å². The van der Waals surface area contributed by atoms with E-state index in [0.717, 1.165) is 11.3 Å². The van der Waals surface area contributed by atoms with Crippen LogP contribution in [0.2, 0.25) is 0 Å². The first-order chi connectivity index (χ1) is 9.06. The minimum Gasteiger partial charge on any atom is -0.492 e. The van der Waals surface area contributed by atoms with Crippen molar-refractivity contribution < 1.29 is 9.90 Å². The lowest BCUT2D eigenvalue weighted by atomic mass is 10.2. The quantitative estimate of drug-likeness (QED) is 0.846. The second kappa shape index (κ2) is 5.62. The number of hydrogen-bond donors (Lipinski definition) is 2. The highest BCUT2D eigenvalue weighted by Gasteiger charge is 2.09. The van der Waals surface area contributed by atoms with E-state index in [1.807, 2.05) is 31.2 Å². The Kier molecular flexibility index (Phi) is 3.91. The molecule has 1 aromatic heterocycles. The number of rotatable bonds is 3. The molecule has 0 atom stereocenters. The smallest absolute Gasteiger partial charge is 0.233 e. The van der Waals surface area contributed by atoms with Crippen molar-refractivity contribution in [2.45, 2.75) is 13.8 Å². The Morgan fingerprint density at radius 2 is 2.21 bits per heavy atom. The van der Waals surface area contributed by atoms with Gasteiger partial charge in [-0.05, 0) is 18.6 Å². The van der Waals surface area contributed by atoms with E-state index < -0.39 is 0 Å². The second-order valence-corrected chi connectivity index (χ2v) is 4.96. The first kappa shape index (κ1) is 13.2. The number of amides is 1. The van der Waals surface area contributed by atoms with Gasteiger partial charge < -0.3 is 10.4 Å². The Morgan fingerprint density at radius 3 is 2.89 bits per heavy atom. The van der Waals surface area contributed by atoms with E-state index in [-0.39, 0.29) is 11.8 Å². The average Bonchev–Trinajstić information content (AvgIpc) is 2.67. The number of thiazole rings is 1. The Labute approximate surface area is 114 Å². The van der Waals surface area contributed by atoms with E-state index in [4.69, 9.17) is 0 Å². The third kappa shape index (κ3) is 3.38. The van der Waals surface area contributed by atoms with E-state index in [1.165, 1.54) is 18.3 Å². The number of carbonyl (C=O) groups excluding carboxylic acids is 1. The number of para-hydroxylation sites is 1. The maximum atomic E-state index is 10.9. The van der Waals surface area contributed by atoms with Gasteiger partial charge in [0.25, 0.3) is 0 Å². The molecule has 0 aliphatic carbocycles. The van der Waals surface area contributed by atoms with E-state index in [2.05, 4.69) is 15.3 Å². The summed E-state index contributed by atoms with van der Waals surface area (Å²) < 4.78 is 0. The Balaban J connectivity index is 2.21. The summed E-state index contributed by atoms with van der Waals surface area (Å²) in [6.45, 7) is 3.35. The van der Waals surface area contributed by atoms with E-state index in [9.17, 15) is 9.90 Å². The van der Waals surface area contributed by atoms with Gasteiger partial charge in [0, 0.05) is 6.92 Å². The van der Waals surface area contributed by atoms with E-state index >= 15 is 0 Å². The van der Waals surface area contributed by atoms with Crippen LogP contribution in [-0.4, -0.2) is 22.2 Å². The zero-order valence-electron chi connectivity index (χ0n) is 10.5. The van der Waals surface area contributed by atoms with Crippen LogP contribution < -0.4 is 5.32 Å². The first-order valence-electron chi connectivity index (χ1n) is 5.63. The highest BCUT2D eigenvalue weighted by atomic mass is 32.1. The summed E-state index contributed by atoms with van der Waals surface area (Å²) in [6.07, 6.45) is 1.54. The fraction of sp³-hybridized carbons (Fsp3) is 0.154. The van der Waals surface area contributed by atoms with Crippen molar-refractivity contribution in [3.8, 4) is 5.88 Å². The molecule has 1 amide bonds. The van der Waals surface area contributed by atoms with Crippen LogP contribution in [0.3, 0.4) is 0 Å². The molecule has 1 heterocycles. The minimum atomic E-state index is -0.226. The summed E-state index contributed by atoms with van der Waals surface area (Å²) in [4.78, 5) is 19.5. The summed E-state index contributed by atoms with van der Waals surface area (Å²) >= 11 is 1.17. The molecule has 2 N–H and O–H groups in total. The Morgan fingerprint density at radius 1 is 1.47 bits per heavy atom. The molecule has 0 aliphatic rings. The maximum absolute atomic E-state index is 10.9. The molecule has 19 heavy (non-hydrogen) atoms. The van der Waals surface area contributed by atoms with Crippen LogP contribution in [0.5, 0.6) is 5.88 Å². The SMILES string of the molecule is CC(=O)Nc1nc(O)c(C=Nc2ccccc2C)s1. The number of carbonyl (C=O) groups is 1. The predicted molar refractivity (Wildman–Crippen MR) is 76.5 cm³/mol. The van der Waals surface area contributed by atoms with Crippen LogP contribution in [0.25, 0.3) is 0 Å². The summed E-state index contributed by atoms with van der Waals surface area (Å²) in [5, 5.41) is 12.5. The number of benzene rings is 1. The molecule has 2 rings (SSSR count). The van der Waals surface area contributed by atoms with E-state index in [1.54, 1.807) is 6.21 Å². The monoisotopic (exact) mass is 275 g/mol. The van der Waals surface area contributed by atoms with Gasteiger partial charge in [0.15, 0.2) is 5.13 Å². The number of anilines is 1. The predicted octanol–water partition coefficient (Wildman–Crippen LogP) is 2.87. The standard InChI is InChI=1S/C13H13N3O2S/c1-8-5-3-4-6-10(8)14-7-11-12(18)16-13(19-11)15-9(2)17/h3-7,18H,1-2H3,(H,15,16,17). The number of aryl methyl sites for hydroxylation is 1. The van der Waals surface area contributed by atoms with Crippen LogP contribution in [0.15, 0.2) is 29.3 Å². The number of nitrogens with zero attached hydrogens (tertiary/aromatic N) is 2. The molecule has 0 unspecified atom stereocenters. The van der Waals surface area contributed by atoms with Gasteiger partial charge in [-0.15, -0.1) is 0 Å². The number of nitrogens with one attached hydrogen (secondary N) is 1. The molecule has 0 radical (unpaired) electrons. The summed E-state index contributed by atoms with van der Waals surface area (Å²) in [7, 11) is 0. The summed E-state index contributed by atoms with van der Waals surface area (Å²) in [5.41, 5.74) is 1.88. The Hall–Kier alpha value is -2.21. The van der Waals surface area contributed by atoms with Gasteiger partial charge in [-0.1, -0.05) is 29.5 Å². The molecule has 6 heteroatoms. The van der Waals surface area contributed by atoms with Crippen LogP contribution in [0.4, 0.5) is 10.8 Å². The lowest BCUT2D eigenvalue weighted by Gasteiger charge is -1.96. The van der Waals surface area contributed by atoms with Gasteiger partial charge in [0.2, 0.25) is 11.8 Å². The summed E-state index contributed by atoms with van der Waals surface area (Å²) in [6, 6.07) is 7.68. The third-order valence-electron chi connectivity index (χ3n) is 2.35. The molecule has 0 bridgehead atoms. The number of hydrogen-bond acceptors (Lipinski definition) is 5. The summed E-state index contributed by atoms with van der Waals surface area (Å²) in [5.74, 6) is -0.359. The fourth-order valence-electron chi connectivity index (χ4n) is 1.45. The molecule has 0 fully saturated rings. The molecule has 1 aromatic carbocycles. The van der Waals surface area contributed by atoms with Crippen molar-refractivity contribution in [1.29, 1.82) is 0 Å². The zero-order valence-corrected chi connectivity index (χ0v) is 11.4. The second-order valence-electron chi connectivity index (χ2n) is 3.93. The third-order valence-corrected chi connectivity index (χ3v) is 3.25. The van der Waals surface area contributed by atoms with Crippen LogP contribution in [0, 0.1) is 6.92 Å². The average molecular weight is 275 g/mol. The van der Waals surface area contributed by atoms with Crippen molar-refractivity contribution in [2.75, 3.05) is 5.32 Å².